The summed E-state index contributed by atoms with van der Waals surface area (Å²) in [4.78, 5) is 0. The van der Waals surface area contributed by atoms with Gasteiger partial charge in [-0.15, -0.1) is 0 Å². The van der Waals surface area contributed by atoms with Crippen LogP contribution in [-0.4, -0.2) is 9.13 Å². The van der Waals surface area contributed by atoms with E-state index in [0.717, 1.165) is 94.5 Å². The smallest absolute Gasteiger partial charge is 0.160 e. The van der Waals surface area contributed by atoms with Gasteiger partial charge in [0.1, 0.15) is 16.7 Å². The number of benzene rings is 7. The quantitative estimate of drug-likeness (QED) is 0.164. The van der Waals surface area contributed by atoms with Crippen molar-refractivity contribution < 1.29 is 8.83 Å². The first kappa shape index (κ1) is 29.7. The van der Waals surface area contributed by atoms with Crippen LogP contribution in [0.5, 0.6) is 0 Å². The maximum atomic E-state index is 6.57. The highest BCUT2D eigenvalue weighted by Gasteiger charge is 2.20. The number of hydrogen-bond acceptors (Lipinski definition) is 2. The Bertz CT molecular complexity index is 3340. The molecule has 0 aliphatic heterocycles. The van der Waals surface area contributed by atoms with Crippen molar-refractivity contribution in [3.63, 3.8) is 0 Å². The first-order valence-corrected chi connectivity index (χ1v) is 18.0. The summed E-state index contributed by atoms with van der Waals surface area (Å²) in [5.74, 6) is 0. The molecular formula is C49H32N2O2. The normalized spacial score (nSPS) is 12.7. The Balaban J connectivity index is 0.988. The number of aromatic nitrogens is 2. The summed E-state index contributed by atoms with van der Waals surface area (Å²) in [6, 6.07) is 51.4. The molecule has 53 heavy (non-hydrogen) atoms. The highest BCUT2D eigenvalue weighted by molar-refractivity contribution is 6.24. The molecular weight excluding hydrogens is 649 g/mol. The fraction of sp³-hybridized carbons (Fsp3) is 0.0204. The second-order valence-electron chi connectivity index (χ2n) is 13.7. The molecule has 4 heterocycles. The lowest BCUT2D eigenvalue weighted by atomic mass is 10.1. The van der Waals surface area contributed by atoms with E-state index < -0.39 is 0 Å². The van der Waals surface area contributed by atoms with Crippen LogP contribution in [-0.2, 0) is 6.42 Å². The zero-order valence-corrected chi connectivity index (χ0v) is 28.8. The molecule has 0 amide bonds. The molecule has 4 nitrogen and oxygen atoms in total. The number of rotatable bonds is 6. The van der Waals surface area contributed by atoms with Crippen molar-refractivity contribution in [2.75, 3.05) is 0 Å². The molecule has 0 unspecified atom stereocenters. The average molecular weight is 681 g/mol. The predicted octanol–water partition coefficient (Wildman–Crippen LogP) is 13.5. The molecule has 4 heteroatoms. The Morgan fingerprint density at radius 2 is 1.19 bits per heavy atom. The Morgan fingerprint density at radius 1 is 0.547 bits per heavy atom. The summed E-state index contributed by atoms with van der Waals surface area (Å²) in [5, 5.41) is 9.20. The Labute approximate surface area is 304 Å². The van der Waals surface area contributed by atoms with Gasteiger partial charge in [0.05, 0.1) is 27.5 Å². The lowest BCUT2D eigenvalue weighted by Gasteiger charge is -2.10. The van der Waals surface area contributed by atoms with Crippen molar-refractivity contribution in [1.29, 1.82) is 0 Å². The zero-order valence-electron chi connectivity index (χ0n) is 28.8. The van der Waals surface area contributed by atoms with E-state index in [4.69, 9.17) is 8.83 Å². The van der Waals surface area contributed by atoms with E-state index in [1.165, 1.54) is 16.3 Å². The average Bonchev–Trinajstić information content (AvgIpc) is 3.96. The molecule has 0 atom stereocenters. The van der Waals surface area contributed by atoms with E-state index in [9.17, 15) is 0 Å². The third-order valence-electron chi connectivity index (χ3n) is 10.8. The van der Waals surface area contributed by atoms with Crippen molar-refractivity contribution in [2.45, 2.75) is 6.42 Å². The molecule has 0 saturated heterocycles. The molecule has 0 spiro atoms. The summed E-state index contributed by atoms with van der Waals surface area (Å²) in [6.45, 7) is 4.23. The van der Waals surface area contributed by atoms with Crippen molar-refractivity contribution in [3.8, 4) is 5.69 Å². The van der Waals surface area contributed by atoms with Crippen LogP contribution in [0.4, 0.5) is 0 Å². The highest BCUT2D eigenvalue weighted by Crippen LogP contribution is 2.42. The maximum absolute atomic E-state index is 6.57. The van der Waals surface area contributed by atoms with Crippen LogP contribution in [0.2, 0.25) is 0 Å². The van der Waals surface area contributed by atoms with Gasteiger partial charge in [-0.25, -0.2) is 0 Å². The molecule has 7 aromatic carbocycles. The number of furan rings is 2. The molecule has 0 aliphatic rings. The summed E-state index contributed by atoms with van der Waals surface area (Å²) in [6.07, 6.45) is 9.22. The van der Waals surface area contributed by atoms with Gasteiger partial charge < -0.3 is 18.0 Å². The van der Waals surface area contributed by atoms with Crippen molar-refractivity contribution in [2.24, 2.45) is 0 Å². The zero-order chi connectivity index (χ0) is 35.0. The molecule has 0 N–H and O–H groups in total. The molecule has 250 valence electrons. The van der Waals surface area contributed by atoms with Gasteiger partial charge in [0.15, 0.2) is 5.58 Å². The first-order chi connectivity index (χ1) is 26.3. The van der Waals surface area contributed by atoms with E-state index in [1.807, 2.05) is 30.3 Å². The summed E-state index contributed by atoms with van der Waals surface area (Å²) in [5.41, 5.74) is 11.4. The molecule has 0 saturated carbocycles. The largest absolute Gasteiger partial charge is 0.455 e. The third kappa shape index (κ3) is 4.36. The van der Waals surface area contributed by atoms with Crippen LogP contribution in [0, 0.1) is 0 Å². The Kier molecular flexibility index (Phi) is 6.43. The molecule has 0 bridgehead atoms. The van der Waals surface area contributed by atoms with E-state index >= 15 is 0 Å². The van der Waals surface area contributed by atoms with Crippen LogP contribution in [0.15, 0.2) is 185 Å². The van der Waals surface area contributed by atoms with Gasteiger partial charge in [0, 0.05) is 49.1 Å². The van der Waals surface area contributed by atoms with Gasteiger partial charge in [-0.05, 0) is 78.7 Å². The van der Waals surface area contributed by atoms with E-state index in [-0.39, 0.29) is 0 Å². The van der Waals surface area contributed by atoms with Crippen molar-refractivity contribution in [3.05, 3.63) is 182 Å². The summed E-state index contributed by atoms with van der Waals surface area (Å²) >= 11 is 0. The Hall–Kier alpha value is -7.04. The molecule has 0 radical (unpaired) electrons. The molecule has 0 aliphatic carbocycles. The lowest BCUT2D eigenvalue weighted by molar-refractivity contribution is 0.671. The second-order valence-corrected chi connectivity index (χ2v) is 13.7. The molecule has 4 aromatic heterocycles. The summed E-state index contributed by atoms with van der Waals surface area (Å²) in [7, 11) is 0. The van der Waals surface area contributed by atoms with Gasteiger partial charge in [0.2, 0.25) is 0 Å². The van der Waals surface area contributed by atoms with Crippen LogP contribution in [0.1, 0.15) is 5.56 Å². The standard InChI is InChI=1S/C49H32N2O2/c1-2-32(50-42-23-10-6-21-40(42)46-43(50)29-28-38-35-19-7-11-24-44(35)52-48(38)46)16-4-3-14-31-15-13-17-33(30-31)51-41-22-9-5-18-34(41)37-26-27-39-36-20-8-12-25-45(36)53-49(39)47(37)51/h2-13,15-30H,1,14H2/b4-3-,32-16+. The van der Waals surface area contributed by atoms with E-state index in [2.05, 4.69) is 155 Å². The number of para-hydroxylation sites is 4. The third-order valence-corrected chi connectivity index (χ3v) is 10.8. The minimum Gasteiger partial charge on any atom is -0.455 e. The summed E-state index contributed by atoms with van der Waals surface area (Å²) < 4.78 is 17.7. The van der Waals surface area contributed by atoms with Crippen LogP contribution < -0.4 is 0 Å². The van der Waals surface area contributed by atoms with Crippen molar-refractivity contribution in [1.82, 2.24) is 9.13 Å². The Morgan fingerprint density at radius 3 is 1.98 bits per heavy atom. The van der Waals surface area contributed by atoms with Crippen LogP contribution in [0.3, 0.4) is 0 Å². The maximum Gasteiger partial charge on any atom is 0.160 e. The molecule has 0 fully saturated rings. The van der Waals surface area contributed by atoms with Crippen LogP contribution >= 0.6 is 0 Å². The lowest BCUT2D eigenvalue weighted by Crippen LogP contribution is -1.95. The number of allylic oxidation sites excluding steroid dienone is 5. The van der Waals surface area contributed by atoms with Gasteiger partial charge in [0.25, 0.3) is 0 Å². The number of fused-ring (bicyclic) bond motifs is 14. The van der Waals surface area contributed by atoms with Crippen molar-refractivity contribution >= 4 is 93.2 Å². The second kappa shape index (κ2) is 11.5. The topological polar surface area (TPSA) is 36.1 Å². The monoisotopic (exact) mass is 680 g/mol. The number of hydrogen-bond donors (Lipinski definition) is 0. The van der Waals surface area contributed by atoms with Gasteiger partial charge in [-0.2, -0.15) is 0 Å². The van der Waals surface area contributed by atoms with Gasteiger partial charge in [-0.3, -0.25) is 0 Å². The first-order valence-electron chi connectivity index (χ1n) is 18.0. The molecule has 11 rings (SSSR count). The number of nitrogens with zero attached hydrogens (tertiary/aromatic N) is 2. The van der Waals surface area contributed by atoms with Crippen LogP contribution in [0.25, 0.3) is 98.9 Å². The minimum atomic E-state index is 0.777. The van der Waals surface area contributed by atoms with E-state index in [0.29, 0.717) is 0 Å². The minimum absolute atomic E-state index is 0.777. The SMILES string of the molecule is C=C/C(=C\C=C/Cc1cccc(-n2c3ccccc3c3ccc4c5ccccc5oc4c32)c1)n1c2ccccc2c2c3oc4ccccc4c3ccc21. The fourth-order valence-electron chi connectivity index (χ4n) is 8.44. The predicted molar refractivity (Wildman–Crippen MR) is 222 cm³/mol. The fourth-order valence-corrected chi connectivity index (χ4v) is 8.44. The van der Waals surface area contributed by atoms with Gasteiger partial charge >= 0.3 is 0 Å². The molecule has 11 aromatic rings. The highest BCUT2D eigenvalue weighted by atomic mass is 16.3. The van der Waals surface area contributed by atoms with E-state index in [1.54, 1.807) is 0 Å². The van der Waals surface area contributed by atoms with Gasteiger partial charge in [-0.1, -0.05) is 110 Å².